The summed E-state index contributed by atoms with van der Waals surface area (Å²) in [4.78, 5) is 36.5. The molecule has 0 unspecified atom stereocenters. The first kappa shape index (κ1) is 14.3. The third kappa shape index (κ3) is 4.60. The minimum Gasteiger partial charge on any atom is -0.481 e. The van der Waals surface area contributed by atoms with E-state index < -0.39 is 5.97 Å². The molecular weight excluding hydrogens is 238 g/mol. The Hall–Kier alpha value is -1.79. The van der Waals surface area contributed by atoms with Crippen LogP contribution in [0.5, 0.6) is 0 Å². The van der Waals surface area contributed by atoms with Gasteiger partial charge in [-0.25, -0.2) is 4.79 Å². The molecule has 18 heavy (non-hydrogen) atoms. The van der Waals surface area contributed by atoms with Crippen molar-refractivity contribution in [1.82, 2.24) is 15.1 Å². The maximum absolute atomic E-state index is 11.8. The Morgan fingerprint density at radius 3 is 2.33 bits per heavy atom. The van der Waals surface area contributed by atoms with Crippen molar-refractivity contribution in [1.29, 1.82) is 0 Å². The minimum atomic E-state index is -0.933. The Kier molecular flexibility index (Phi) is 4.94. The van der Waals surface area contributed by atoms with Gasteiger partial charge in [0, 0.05) is 26.7 Å². The lowest BCUT2D eigenvalue weighted by Crippen LogP contribution is -2.45. The van der Waals surface area contributed by atoms with E-state index in [-0.39, 0.29) is 37.5 Å². The van der Waals surface area contributed by atoms with Crippen molar-refractivity contribution in [2.75, 3.05) is 27.2 Å². The highest BCUT2D eigenvalue weighted by atomic mass is 16.4. The number of amides is 3. The molecule has 1 aliphatic rings. The van der Waals surface area contributed by atoms with Gasteiger partial charge in [0.1, 0.15) is 0 Å². The standard InChI is InChI=1S/C11H19N3O4/c1-13(2)9(15)7-12-11(18)14(8-3-4-8)6-5-10(16)17/h8H,3-7H2,1-2H3,(H,12,18)(H,16,17). The number of urea groups is 1. The van der Waals surface area contributed by atoms with Gasteiger partial charge in [-0.15, -0.1) is 0 Å². The molecule has 0 bridgehead atoms. The lowest BCUT2D eigenvalue weighted by Gasteiger charge is -2.22. The van der Waals surface area contributed by atoms with Crippen molar-refractivity contribution < 1.29 is 19.5 Å². The van der Waals surface area contributed by atoms with Crippen LogP contribution in [-0.2, 0) is 9.59 Å². The van der Waals surface area contributed by atoms with E-state index in [0.29, 0.717) is 0 Å². The molecular formula is C11H19N3O4. The second-order valence-corrected chi connectivity index (χ2v) is 4.52. The number of rotatable bonds is 6. The molecule has 0 aromatic heterocycles. The number of likely N-dealkylation sites (N-methyl/N-ethyl adjacent to an activating group) is 1. The molecule has 0 heterocycles. The van der Waals surface area contributed by atoms with Gasteiger partial charge in [-0.1, -0.05) is 0 Å². The van der Waals surface area contributed by atoms with Gasteiger partial charge < -0.3 is 20.2 Å². The average molecular weight is 257 g/mol. The fourth-order valence-corrected chi connectivity index (χ4v) is 1.46. The van der Waals surface area contributed by atoms with Crippen LogP contribution in [0.15, 0.2) is 0 Å². The molecule has 2 N–H and O–H groups in total. The highest BCUT2D eigenvalue weighted by Crippen LogP contribution is 2.26. The molecule has 0 spiro atoms. The Bertz CT molecular complexity index is 339. The van der Waals surface area contributed by atoms with Crippen LogP contribution >= 0.6 is 0 Å². The van der Waals surface area contributed by atoms with Crippen LogP contribution in [0, 0.1) is 0 Å². The molecule has 7 nitrogen and oxygen atoms in total. The smallest absolute Gasteiger partial charge is 0.318 e. The van der Waals surface area contributed by atoms with Crippen molar-refractivity contribution >= 4 is 17.9 Å². The summed E-state index contributed by atoms with van der Waals surface area (Å²) >= 11 is 0. The molecule has 0 atom stereocenters. The molecule has 0 aromatic carbocycles. The summed E-state index contributed by atoms with van der Waals surface area (Å²) in [6.07, 6.45) is 1.72. The zero-order chi connectivity index (χ0) is 13.7. The summed E-state index contributed by atoms with van der Waals surface area (Å²) in [5.41, 5.74) is 0. The van der Waals surface area contributed by atoms with E-state index in [2.05, 4.69) is 5.32 Å². The molecule has 0 radical (unpaired) electrons. The third-order valence-corrected chi connectivity index (χ3v) is 2.70. The molecule has 7 heteroatoms. The van der Waals surface area contributed by atoms with E-state index in [1.807, 2.05) is 0 Å². The van der Waals surface area contributed by atoms with Crippen LogP contribution in [0.1, 0.15) is 19.3 Å². The molecule has 3 amide bonds. The Balaban J connectivity index is 2.40. The molecule has 1 rings (SSSR count). The lowest BCUT2D eigenvalue weighted by molar-refractivity contribution is -0.137. The number of nitrogens with zero attached hydrogens (tertiary/aromatic N) is 2. The number of aliphatic carboxylic acids is 1. The maximum Gasteiger partial charge on any atom is 0.318 e. The number of carbonyl (C=O) groups is 3. The van der Waals surface area contributed by atoms with Crippen LogP contribution in [0.4, 0.5) is 4.79 Å². The SMILES string of the molecule is CN(C)C(=O)CNC(=O)N(CCC(=O)O)C1CC1. The largest absolute Gasteiger partial charge is 0.481 e. The van der Waals surface area contributed by atoms with Crippen molar-refractivity contribution in [3.63, 3.8) is 0 Å². The Labute approximate surface area is 106 Å². The molecule has 102 valence electrons. The van der Waals surface area contributed by atoms with Crippen LogP contribution < -0.4 is 5.32 Å². The van der Waals surface area contributed by atoms with Gasteiger partial charge in [-0.05, 0) is 12.8 Å². The Morgan fingerprint density at radius 2 is 1.89 bits per heavy atom. The number of hydrogen-bond acceptors (Lipinski definition) is 3. The number of hydrogen-bond donors (Lipinski definition) is 2. The number of nitrogens with one attached hydrogen (secondary N) is 1. The van der Waals surface area contributed by atoms with Crippen LogP contribution in [0.3, 0.4) is 0 Å². The predicted octanol–water partition coefficient (Wildman–Crippen LogP) is -0.277. The monoisotopic (exact) mass is 257 g/mol. The van der Waals surface area contributed by atoms with Crippen LogP contribution in [-0.4, -0.2) is 66.0 Å². The van der Waals surface area contributed by atoms with E-state index in [4.69, 9.17) is 5.11 Å². The summed E-state index contributed by atoms with van der Waals surface area (Å²) in [6.45, 7) is 0.115. The maximum atomic E-state index is 11.8. The molecule has 0 aromatic rings. The van der Waals surface area contributed by atoms with Crippen molar-refractivity contribution in [3.05, 3.63) is 0 Å². The van der Waals surface area contributed by atoms with Gasteiger partial charge in [0.05, 0.1) is 13.0 Å². The number of carboxylic acid groups (broad SMARTS) is 1. The number of carbonyl (C=O) groups excluding carboxylic acids is 2. The van der Waals surface area contributed by atoms with Gasteiger partial charge >= 0.3 is 12.0 Å². The quantitative estimate of drug-likeness (QED) is 0.685. The summed E-state index contributed by atoms with van der Waals surface area (Å²) in [6, 6.07) is -0.243. The molecule has 1 fully saturated rings. The summed E-state index contributed by atoms with van der Waals surface area (Å²) in [5, 5.41) is 11.1. The van der Waals surface area contributed by atoms with E-state index >= 15 is 0 Å². The number of carboxylic acids is 1. The highest BCUT2D eigenvalue weighted by molar-refractivity contribution is 5.84. The van der Waals surface area contributed by atoms with E-state index in [9.17, 15) is 14.4 Å². The van der Waals surface area contributed by atoms with E-state index in [0.717, 1.165) is 12.8 Å². The first-order valence-corrected chi connectivity index (χ1v) is 5.88. The summed E-state index contributed by atoms with van der Waals surface area (Å²) < 4.78 is 0. The Morgan fingerprint density at radius 1 is 1.28 bits per heavy atom. The summed E-state index contributed by atoms with van der Waals surface area (Å²) in [7, 11) is 3.22. The predicted molar refractivity (Wildman–Crippen MR) is 64.1 cm³/mol. The fraction of sp³-hybridized carbons (Fsp3) is 0.727. The fourth-order valence-electron chi connectivity index (χ4n) is 1.46. The molecule has 1 saturated carbocycles. The van der Waals surface area contributed by atoms with Crippen molar-refractivity contribution in [2.45, 2.75) is 25.3 Å². The van der Waals surface area contributed by atoms with Gasteiger partial charge in [0.2, 0.25) is 5.91 Å². The molecule has 0 aliphatic heterocycles. The highest BCUT2D eigenvalue weighted by Gasteiger charge is 2.32. The van der Waals surface area contributed by atoms with E-state index in [1.165, 1.54) is 9.80 Å². The molecule has 0 saturated heterocycles. The van der Waals surface area contributed by atoms with Crippen LogP contribution in [0.25, 0.3) is 0 Å². The second kappa shape index (κ2) is 6.23. The topological polar surface area (TPSA) is 90.0 Å². The van der Waals surface area contributed by atoms with Gasteiger partial charge in [0.25, 0.3) is 0 Å². The van der Waals surface area contributed by atoms with Gasteiger partial charge in [-0.2, -0.15) is 0 Å². The third-order valence-electron chi connectivity index (χ3n) is 2.70. The average Bonchev–Trinajstić information content (AvgIpc) is 3.09. The van der Waals surface area contributed by atoms with Crippen molar-refractivity contribution in [3.8, 4) is 0 Å². The van der Waals surface area contributed by atoms with E-state index in [1.54, 1.807) is 14.1 Å². The second-order valence-electron chi connectivity index (χ2n) is 4.52. The zero-order valence-electron chi connectivity index (χ0n) is 10.7. The lowest BCUT2D eigenvalue weighted by atomic mass is 10.4. The van der Waals surface area contributed by atoms with Gasteiger partial charge in [-0.3, -0.25) is 9.59 Å². The normalized spacial score (nSPS) is 13.9. The first-order chi connectivity index (χ1) is 8.41. The van der Waals surface area contributed by atoms with Gasteiger partial charge in [0.15, 0.2) is 0 Å². The first-order valence-electron chi connectivity index (χ1n) is 5.88. The van der Waals surface area contributed by atoms with Crippen LogP contribution in [0.2, 0.25) is 0 Å². The molecule has 1 aliphatic carbocycles. The van der Waals surface area contributed by atoms with Crippen molar-refractivity contribution in [2.24, 2.45) is 0 Å². The minimum absolute atomic E-state index is 0.0673. The summed E-state index contributed by atoms with van der Waals surface area (Å²) in [5.74, 6) is -1.13. The zero-order valence-corrected chi connectivity index (χ0v) is 10.7.